The van der Waals surface area contributed by atoms with Crippen molar-refractivity contribution in [3.63, 3.8) is 0 Å². The Balaban J connectivity index is 2.10. The molecule has 8 nitrogen and oxygen atoms in total. The molecule has 1 aliphatic heterocycles. The maximum Gasteiger partial charge on any atom is 0.281 e. The van der Waals surface area contributed by atoms with E-state index in [1.54, 1.807) is 30.1 Å². The zero-order valence-corrected chi connectivity index (χ0v) is 14.3. The molecule has 0 unspecified atom stereocenters. The zero-order chi connectivity index (χ0) is 17.2. The number of piperazine rings is 1. The zero-order valence-electron chi connectivity index (χ0n) is 13.5. The quantitative estimate of drug-likeness (QED) is 0.751. The van der Waals surface area contributed by atoms with E-state index in [0.717, 1.165) is 4.31 Å². The Bertz CT molecular complexity index is 682. The van der Waals surface area contributed by atoms with E-state index in [1.807, 2.05) is 0 Å². The third kappa shape index (κ3) is 3.41. The van der Waals surface area contributed by atoms with E-state index >= 15 is 0 Å². The molecule has 2 rings (SSSR count). The molecule has 1 amide bonds. The summed E-state index contributed by atoms with van der Waals surface area (Å²) in [5.41, 5.74) is 0.686. The van der Waals surface area contributed by atoms with E-state index in [-0.39, 0.29) is 43.4 Å². The Hall–Kier alpha value is -1.84. The van der Waals surface area contributed by atoms with Crippen LogP contribution in [-0.2, 0) is 10.2 Å². The van der Waals surface area contributed by atoms with Crippen LogP contribution in [-0.4, -0.2) is 80.3 Å². The van der Waals surface area contributed by atoms with Gasteiger partial charge in [0.25, 0.3) is 16.1 Å². The van der Waals surface area contributed by atoms with Crippen molar-refractivity contribution in [3.8, 4) is 5.75 Å². The van der Waals surface area contributed by atoms with Crippen molar-refractivity contribution < 1.29 is 18.3 Å². The molecule has 0 saturated carbocycles. The minimum absolute atomic E-state index is 0.0941. The smallest absolute Gasteiger partial charge is 0.281 e. The lowest BCUT2D eigenvalue weighted by Crippen LogP contribution is -2.53. The minimum atomic E-state index is -3.46. The number of carbonyl (C=O) groups is 1. The highest BCUT2D eigenvalue weighted by Crippen LogP contribution is 2.28. The SMILES string of the molecule is CNc1cccc(C(=O)N2CCN(S(=O)(=O)N(C)C)CC2)c1O. The van der Waals surface area contributed by atoms with Gasteiger partial charge >= 0.3 is 0 Å². The first kappa shape index (κ1) is 17.5. The van der Waals surface area contributed by atoms with Gasteiger partial charge in [0.15, 0.2) is 5.75 Å². The highest BCUT2D eigenvalue weighted by molar-refractivity contribution is 7.86. The summed E-state index contributed by atoms with van der Waals surface area (Å²) in [5, 5.41) is 12.9. The van der Waals surface area contributed by atoms with E-state index in [1.165, 1.54) is 18.4 Å². The molecule has 0 aromatic heterocycles. The van der Waals surface area contributed by atoms with Crippen LogP contribution in [0, 0.1) is 0 Å². The van der Waals surface area contributed by atoms with Gasteiger partial charge in [-0.3, -0.25) is 4.79 Å². The van der Waals surface area contributed by atoms with Crippen molar-refractivity contribution in [2.45, 2.75) is 0 Å². The fraction of sp³-hybridized carbons (Fsp3) is 0.500. The molecule has 1 aromatic rings. The fourth-order valence-corrected chi connectivity index (χ4v) is 3.53. The van der Waals surface area contributed by atoms with Crippen LogP contribution in [0.3, 0.4) is 0 Å². The number of amides is 1. The second kappa shape index (κ2) is 6.73. The van der Waals surface area contributed by atoms with Gasteiger partial charge in [0.2, 0.25) is 0 Å². The lowest BCUT2D eigenvalue weighted by atomic mass is 10.1. The third-order valence-electron chi connectivity index (χ3n) is 3.85. The lowest BCUT2D eigenvalue weighted by molar-refractivity contribution is 0.0692. The molecular weight excluding hydrogens is 320 g/mol. The molecule has 0 spiro atoms. The van der Waals surface area contributed by atoms with Gasteiger partial charge in [-0.1, -0.05) is 6.07 Å². The summed E-state index contributed by atoms with van der Waals surface area (Å²) in [5.74, 6) is -0.398. The first-order chi connectivity index (χ1) is 10.8. The van der Waals surface area contributed by atoms with Crippen molar-refractivity contribution in [2.75, 3.05) is 52.6 Å². The van der Waals surface area contributed by atoms with Crippen LogP contribution in [0.15, 0.2) is 18.2 Å². The topological polar surface area (TPSA) is 93.2 Å². The number of phenolic OH excluding ortho intramolecular Hbond substituents is 1. The average Bonchev–Trinajstić information content (AvgIpc) is 2.54. The Kier molecular flexibility index (Phi) is 5.12. The van der Waals surface area contributed by atoms with E-state index in [2.05, 4.69) is 5.32 Å². The molecule has 1 fully saturated rings. The summed E-state index contributed by atoms with van der Waals surface area (Å²) in [6, 6.07) is 4.92. The Morgan fingerprint density at radius 3 is 2.35 bits per heavy atom. The van der Waals surface area contributed by atoms with Crippen molar-refractivity contribution in [1.82, 2.24) is 13.5 Å². The van der Waals surface area contributed by atoms with Crippen molar-refractivity contribution in [1.29, 1.82) is 0 Å². The Morgan fingerprint density at radius 1 is 1.22 bits per heavy atom. The predicted octanol–water partition coefficient (Wildman–Crippen LogP) is -0.00190. The number of nitrogens with one attached hydrogen (secondary N) is 1. The normalized spacial score (nSPS) is 16.6. The molecule has 9 heteroatoms. The van der Waals surface area contributed by atoms with Crippen LogP contribution < -0.4 is 5.32 Å². The monoisotopic (exact) mass is 342 g/mol. The number of aromatic hydroxyl groups is 1. The third-order valence-corrected chi connectivity index (χ3v) is 5.79. The number of carbonyl (C=O) groups excluding carboxylic acids is 1. The summed E-state index contributed by atoms with van der Waals surface area (Å²) < 4.78 is 26.6. The number of benzene rings is 1. The van der Waals surface area contributed by atoms with E-state index < -0.39 is 10.2 Å². The fourth-order valence-electron chi connectivity index (χ4n) is 2.44. The highest BCUT2D eigenvalue weighted by atomic mass is 32.2. The minimum Gasteiger partial charge on any atom is -0.505 e. The molecule has 23 heavy (non-hydrogen) atoms. The van der Waals surface area contributed by atoms with Crippen LogP contribution in [0.2, 0.25) is 0 Å². The predicted molar refractivity (Wildman–Crippen MR) is 87.7 cm³/mol. The first-order valence-electron chi connectivity index (χ1n) is 7.25. The van der Waals surface area contributed by atoms with Crippen LogP contribution in [0.25, 0.3) is 0 Å². The molecule has 0 bridgehead atoms. The standard InChI is InChI=1S/C14H22N4O4S/c1-15-12-6-4-5-11(13(12)19)14(20)17-7-9-18(10-8-17)23(21,22)16(2)3/h4-6,15,19H,7-10H2,1-3H3. The first-order valence-corrected chi connectivity index (χ1v) is 8.65. The van der Waals surface area contributed by atoms with Gasteiger partial charge in [-0.25, -0.2) is 0 Å². The number of hydrogen-bond donors (Lipinski definition) is 2. The van der Waals surface area contributed by atoms with Crippen LogP contribution in [0.4, 0.5) is 5.69 Å². The Morgan fingerprint density at radius 2 is 1.83 bits per heavy atom. The number of anilines is 1. The lowest BCUT2D eigenvalue weighted by Gasteiger charge is -2.35. The molecule has 128 valence electrons. The van der Waals surface area contributed by atoms with Gasteiger partial charge in [-0.05, 0) is 12.1 Å². The van der Waals surface area contributed by atoms with Crippen molar-refractivity contribution >= 4 is 21.8 Å². The van der Waals surface area contributed by atoms with E-state index in [4.69, 9.17) is 0 Å². The molecule has 1 saturated heterocycles. The molecule has 0 atom stereocenters. The molecule has 1 aliphatic rings. The number of hydrogen-bond acceptors (Lipinski definition) is 5. The van der Waals surface area contributed by atoms with E-state index in [0.29, 0.717) is 5.69 Å². The average molecular weight is 342 g/mol. The van der Waals surface area contributed by atoms with Crippen molar-refractivity contribution in [3.05, 3.63) is 23.8 Å². The van der Waals surface area contributed by atoms with Gasteiger partial charge in [0.1, 0.15) is 0 Å². The van der Waals surface area contributed by atoms with Gasteiger partial charge in [0.05, 0.1) is 11.3 Å². The largest absolute Gasteiger partial charge is 0.505 e. The van der Waals surface area contributed by atoms with Gasteiger partial charge < -0.3 is 15.3 Å². The van der Waals surface area contributed by atoms with Gasteiger partial charge in [0, 0.05) is 47.3 Å². The second-order valence-electron chi connectivity index (χ2n) is 5.43. The highest BCUT2D eigenvalue weighted by Gasteiger charge is 2.31. The number of para-hydroxylation sites is 1. The molecule has 0 radical (unpaired) electrons. The maximum atomic E-state index is 12.5. The molecule has 2 N–H and O–H groups in total. The summed E-state index contributed by atoms with van der Waals surface area (Å²) in [6.45, 7) is 1.04. The summed E-state index contributed by atoms with van der Waals surface area (Å²) in [7, 11) is 1.16. The number of nitrogens with zero attached hydrogens (tertiary/aromatic N) is 3. The maximum absolute atomic E-state index is 12.5. The van der Waals surface area contributed by atoms with E-state index in [9.17, 15) is 18.3 Å². The summed E-state index contributed by atoms with van der Waals surface area (Å²) >= 11 is 0. The summed E-state index contributed by atoms with van der Waals surface area (Å²) in [4.78, 5) is 14.1. The second-order valence-corrected chi connectivity index (χ2v) is 7.58. The number of phenols is 1. The van der Waals surface area contributed by atoms with Gasteiger partial charge in [-0.15, -0.1) is 0 Å². The molecule has 0 aliphatic carbocycles. The molecule has 1 aromatic carbocycles. The van der Waals surface area contributed by atoms with Crippen molar-refractivity contribution in [2.24, 2.45) is 0 Å². The van der Waals surface area contributed by atoms with Gasteiger partial charge in [-0.2, -0.15) is 17.0 Å². The number of rotatable bonds is 4. The summed E-state index contributed by atoms with van der Waals surface area (Å²) in [6.07, 6.45) is 0. The molecular formula is C14H22N4O4S. The van der Waals surface area contributed by atoms with Crippen LogP contribution in [0.5, 0.6) is 5.75 Å². The molecule has 1 heterocycles. The van der Waals surface area contributed by atoms with Crippen LogP contribution in [0.1, 0.15) is 10.4 Å². The van der Waals surface area contributed by atoms with Crippen LogP contribution >= 0.6 is 0 Å². The Labute approximate surface area is 136 Å².